The molecular weight excluding hydrogens is 376 g/mol. The average Bonchev–Trinajstić information content (AvgIpc) is 3.29. The van der Waals surface area contributed by atoms with Crippen molar-refractivity contribution in [3.8, 4) is 11.5 Å². The van der Waals surface area contributed by atoms with Crippen LogP contribution in [0.3, 0.4) is 0 Å². The van der Waals surface area contributed by atoms with Gasteiger partial charge in [-0.1, -0.05) is 12.8 Å². The third-order valence-corrected chi connectivity index (χ3v) is 5.80. The van der Waals surface area contributed by atoms with Gasteiger partial charge in [-0.2, -0.15) is 0 Å². The summed E-state index contributed by atoms with van der Waals surface area (Å²) in [5.41, 5.74) is 4.30. The Balaban J connectivity index is 1.63. The Morgan fingerprint density at radius 2 is 1.90 bits per heavy atom. The maximum absolute atomic E-state index is 5.76. The molecule has 0 aliphatic heterocycles. The zero-order valence-corrected chi connectivity index (χ0v) is 18.0. The molecule has 1 aliphatic carbocycles. The molecule has 1 saturated carbocycles. The van der Waals surface area contributed by atoms with Crippen LogP contribution in [0.2, 0.25) is 0 Å². The summed E-state index contributed by atoms with van der Waals surface area (Å²) >= 11 is 0. The molecule has 3 aromatic rings. The molecule has 1 aliphatic rings. The van der Waals surface area contributed by atoms with Gasteiger partial charge in [0.05, 0.1) is 12.6 Å². The number of hydrogen-bond donors (Lipinski definition) is 2. The summed E-state index contributed by atoms with van der Waals surface area (Å²) in [6.07, 6.45) is 6.84. The number of rotatable bonds is 8. The summed E-state index contributed by atoms with van der Waals surface area (Å²) in [6.45, 7) is 3.55. The minimum Gasteiger partial charge on any atom is -0.496 e. The lowest BCUT2D eigenvalue weighted by Crippen LogP contribution is -2.15. The largest absolute Gasteiger partial charge is 0.496 e. The highest BCUT2D eigenvalue weighted by atomic mass is 16.5. The van der Waals surface area contributed by atoms with E-state index < -0.39 is 0 Å². The van der Waals surface area contributed by atoms with E-state index in [9.17, 15) is 0 Å². The van der Waals surface area contributed by atoms with Crippen molar-refractivity contribution < 1.29 is 9.47 Å². The molecule has 6 heteroatoms. The van der Waals surface area contributed by atoms with Gasteiger partial charge in [0.1, 0.15) is 18.1 Å². The van der Waals surface area contributed by atoms with Crippen LogP contribution in [0.1, 0.15) is 42.7 Å². The van der Waals surface area contributed by atoms with Gasteiger partial charge < -0.3 is 20.1 Å². The van der Waals surface area contributed by atoms with E-state index >= 15 is 0 Å². The predicted octanol–water partition coefficient (Wildman–Crippen LogP) is 4.95. The quantitative estimate of drug-likeness (QED) is 0.516. The van der Waals surface area contributed by atoms with Crippen molar-refractivity contribution in [3.63, 3.8) is 0 Å². The fraction of sp³-hybridized carbons (Fsp3) is 0.417. The van der Waals surface area contributed by atoms with Gasteiger partial charge in [-0.05, 0) is 68.6 Å². The average molecular weight is 407 g/mol. The van der Waals surface area contributed by atoms with Crippen molar-refractivity contribution >= 4 is 22.5 Å². The molecule has 30 heavy (non-hydrogen) atoms. The van der Waals surface area contributed by atoms with E-state index in [0.29, 0.717) is 18.5 Å². The van der Waals surface area contributed by atoms with Crippen molar-refractivity contribution in [2.24, 2.45) is 0 Å². The number of ether oxygens (including phenoxy) is 2. The molecule has 1 fully saturated rings. The molecule has 0 bridgehead atoms. The number of fused-ring (bicyclic) bond motifs is 1. The minimum atomic E-state index is 0.500. The molecule has 1 aromatic heterocycles. The first-order chi connectivity index (χ1) is 14.7. The smallest absolute Gasteiger partial charge is 0.227 e. The monoisotopic (exact) mass is 406 g/mol. The van der Waals surface area contributed by atoms with Crippen LogP contribution in [0.15, 0.2) is 36.5 Å². The molecule has 4 rings (SSSR count). The number of nitrogens with zero attached hydrogens (tertiary/aromatic N) is 2. The first-order valence-corrected chi connectivity index (χ1v) is 10.7. The summed E-state index contributed by atoms with van der Waals surface area (Å²) in [4.78, 5) is 9.49. The van der Waals surface area contributed by atoms with Crippen LogP contribution in [0.5, 0.6) is 11.5 Å². The molecule has 0 saturated heterocycles. The zero-order valence-electron chi connectivity index (χ0n) is 18.0. The number of nitrogens with one attached hydrogen (secondary N) is 2. The number of benzene rings is 2. The summed E-state index contributed by atoms with van der Waals surface area (Å²) in [5, 5.41) is 7.50. The first-order valence-electron chi connectivity index (χ1n) is 10.7. The summed E-state index contributed by atoms with van der Waals surface area (Å²) in [5.74, 6) is 2.89. The lowest BCUT2D eigenvalue weighted by molar-refractivity contribution is 0.318. The van der Waals surface area contributed by atoms with Crippen LogP contribution in [-0.4, -0.2) is 37.3 Å². The fourth-order valence-corrected chi connectivity index (χ4v) is 4.22. The molecule has 0 radical (unpaired) electrons. The number of aryl methyl sites for hydroxylation is 1. The van der Waals surface area contributed by atoms with Crippen LogP contribution in [0.25, 0.3) is 10.9 Å². The van der Waals surface area contributed by atoms with Crippen molar-refractivity contribution in [1.82, 2.24) is 15.3 Å². The van der Waals surface area contributed by atoms with E-state index in [2.05, 4.69) is 28.6 Å². The van der Waals surface area contributed by atoms with Gasteiger partial charge in [0.25, 0.3) is 0 Å². The molecule has 2 aromatic carbocycles. The Morgan fingerprint density at radius 1 is 1.13 bits per heavy atom. The van der Waals surface area contributed by atoms with Crippen LogP contribution < -0.4 is 20.1 Å². The first kappa shape index (κ1) is 20.4. The van der Waals surface area contributed by atoms with Crippen molar-refractivity contribution in [2.45, 2.75) is 38.5 Å². The lowest BCUT2D eigenvalue weighted by atomic mass is 9.92. The van der Waals surface area contributed by atoms with E-state index in [0.717, 1.165) is 40.2 Å². The molecule has 1 heterocycles. The highest BCUT2D eigenvalue weighted by molar-refractivity contribution is 5.88. The second-order valence-corrected chi connectivity index (χ2v) is 7.85. The van der Waals surface area contributed by atoms with Gasteiger partial charge in [0, 0.05) is 29.4 Å². The molecule has 158 valence electrons. The highest BCUT2D eigenvalue weighted by Gasteiger charge is 2.25. The zero-order chi connectivity index (χ0) is 20.9. The van der Waals surface area contributed by atoms with Gasteiger partial charge >= 0.3 is 0 Å². The Labute approximate surface area is 178 Å². The Kier molecular flexibility index (Phi) is 6.33. The van der Waals surface area contributed by atoms with Crippen molar-refractivity contribution in [2.75, 3.05) is 32.6 Å². The van der Waals surface area contributed by atoms with Gasteiger partial charge in [-0.15, -0.1) is 0 Å². The maximum atomic E-state index is 5.76. The molecule has 2 N–H and O–H groups in total. The normalized spacial score (nSPS) is 14.2. The van der Waals surface area contributed by atoms with Gasteiger partial charge in [-0.3, -0.25) is 0 Å². The summed E-state index contributed by atoms with van der Waals surface area (Å²) in [6, 6.07) is 10.00. The minimum absolute atomic E-state index is 0.500. The highest BCUT2D eigenvalue weighted by Crippen LogP contribution is 2.43. The summed E-state index contributed by atoms with van der Waals surface area (Å²) in [7, 11) is 3.66. The molecule has 6 nitrogen and oxygen atoms in total. The van der Waals surface area contributed by atoms with Crippen LogP contribution in [0, 0.1) is 6.92 Å². The van der Waals surface area contributed by atoms with E-state index in [1.54, 1.807) is 7.11 Å². The number of aromatic nitrogens is 2. The second-order valence-electron chi connectivity index (χ2n) is 7.85. The maximum Gasteiger partial charge on any atom is 0.227 e. The molecule has 0 amide bonds. The number of methoxy groups -OCH3 is 1. The van der Waals surface area contributed by atoms with Crippen molar-refractivity contribution in [1.29, 1.82) is 0 Å². The van der Waals surface area contributed by atoms with E-state index in [-0.39, 0.29) is 0 Å². The topological polar surface area (TPSA) is 68.3 Å². The Hall–Kier alpha value is -2.86. The van der Waals surface area contributed by atoms with Crippen LogP contribution in [0.4, 0.5) is 11.6 Å². The second kappa shape index (κ2) is 9.30. The standard InChI is InChI=1S/C24H30N4O2/c1-16-14-21(29-3)22(17-6-4-5-7-17)23-20(16)15-26-24(28-23)27-18-8-10-19(11-9-18)30-13-12-25-2/h8-11,14-15,17,25H,4-7,12-13H2,1-3H3,(H,26,27,28). The van der Waals surface area contributed by atoms with Gasteiger partial charge in [0.15, 0.2) is 0 Å². The lowest BCUT2D eigenvalue weighted by Gasteiger charge is -2.18. The third kappa shape index (κ3) is 4.33. The van der Waals surface area contributed by atoms with E-state index in [1.165, 1.54) is 31.2 Å². The van der Waals surface area contributed by atoms with Gasteiger partial charge in [0.2, 0.25) is 5.95 Å². The van der Waals surface area contributed by atoms with Crippen molar-refractivity contribution in [3.05, 3.63) is 47.7 Å². The SMILES string of the molecule is CNCCOc1ccc(Nc2ncc3c(C)cc(OC)c(C4CCCC4)c3n2)cc1. The summed E-state index contributed by atoms with van der Waals surface area (Å²) < 4.78 is 11.4. The molecule has 0 unspecified atom stereocenters. The number of likely N-dealkylation sites (N-methyl/N-ethyl adjacent to an activating group) is 1. The van der Waals surface area contributed by atoms with Crippen LogP contribution >= 0.6 is 0 Å². The Morgan fingerprint density at radius 3 is 2.60 bits per heavy atom. The number of hydrogen-bond acceptors (Lipinski definition) is 6. The third-order valence-electron chi connectivity index (χ3n) is 5.80. The fourth-order valence-electron chi connectivity index (χ4n) is 4.22. The van der Waals surface area contributed by atoms with Gasteiger partial charge in [-0.25, -0.2) is 9.97 Å². The van der Waals surface area contributed by atoms with Crippen LogP contribution in [-0.2, 0) is 0 Å². The van der Waals surface area contributed by atoms with E-state index in [1.807, 2.05) is 37.5 Å². The molecule has 0 spiro atoms. The molecular formula is C24H30N4O2. The molecule has 0 atom stereocenters. The number of anilines is 2. The predicted molar refractivity (Wildman–Crippen MR) is 121 cm³/mol. The van der Waals surface area contributed by atoms with E-state index in [4.69, 9.17) is 14.5 Å². The Bertz CT molecular complexity index is 998.